The Bertz CT molecular complexity index is 178. The first-order valence-electron chi connectivity index (χ1n) is 5.93. The van der Waals surface area contributed by atoms with Crippen molar-refractivity contribution in [3.63, 3.8) is 0 Å². The van der Waals surface area contributed by atoms with E-state index in [9.17, 15) is 0 Å². The van der Waals surface area contributed by atoms with Crippen LogP contribution in [0.15, 0.2) is 0 Å². The van der Waals surface area contributed by atoms with Gasteiger partial charge >= 0.3 is 0 Å². The maximum absolute atomic E-state index is 2.52. The van der Waals surface area contributed by atoms with Crippen molar-refractivity contribution < 1.29 is 0 Å². The van der Waals surface area contributed by atoms with Crippen molar-refractivity contribution in [3.8, 4) is 0 Å². The summed E-state index contributed by atoms with van der Waals surface area (Å²) in [5, 5.41) is 0. The standard InChI is InChI=1S/C12H23N/c1-3-4-11-5-6-12(9-11)7-8-13(2)10-12/h11H,3-10H2,1-2H3. The zero-order valence-electron chi connectivity index (χ0n) is 9.18. The van der Waals surface area contributed by atoms with E-state index in [1.807, 2.05) is 0 Å². The lowest BCUT2D eigenvalue weighted by Crippen LogP contribution is -2.22. The summed E-state index contributed by atoms with van der Waals surface area (Å²) in [4.78, 5) is 2.52. The fourth-order valence-electron chi connectivity index (χ4n) is 3.51. The van der Waals surface area contributed by atoms with E-state index in [0.29, 0.717) is 0 Å². The molecular weight excluding hydrogens is 158 g/mol. The van der Waals surface area contributed by atoms with E-state index < -0.39 is 0 Å². The third-order valence-corrected chi connectivity index (χ3v) is 4.13. The van der Waals surface area contributed by atoms with Crippen LogP contribution < -0.4 is 0 Å². The summed E-state index contributed by atoms with van der Waals surface area (Å²) in [5.74, 6) is 1.07. The molecule has 2 atom stereocenters. The fourth-order valence-corrected chi connectivity index (χ4v) is 3.51. The third kappa shape index (κ3) is 1.90. The molecule has 0 amide bonds. The van der Waals surface area contributed by atoms with Crippen LogP contribution in [0.1, 0.15) is 45.4 Å². The van der Waals surface area contributed by atoms with Gasteiger partial charge in [0.1, 0.15) is 0 Å². The zero-order chi connectivity index (χ0) is 9.31. The lowest BCUT2D eigenvalue weighted by atomic mass is 9.84. The molecule has 76 valence electrons. The molecule has 1 heterocycles. The Balaban J connectivity index is 1.89. The summed E-state index contributed by atoms with van der Waals surface area (Å²) in [6.07, 6.45) is 8.90. The molecule has 1 aliphatic heterocycles. The number of hydrogen-bond acceptors (Lipinski definition) is 1. The van der Waals surface area contributed by atoms with E-state index in [2.05, 4.69) is 18.9 Å². The van der Waals surface area contributed by atoms with Crippen LogP contribution in [0.25, 0.3) is 0 Å². The van der Waals surface area contributed by atoms with Crippen LogP contribution in [0, 0.1) is 11.3 Å². The van der Waals surface area contributed by atoms with Gasteiger partial charge < -0.3 is 4.90 Å². The molecule has 0 bridgehead atoms. The molecule has 1 nitrogen and oxygen atoms in total. The van der Waals surface area contributed by atoms with Crippen molar-refractivity contribution in [2.75, 3.05) is 20.1 Å². The second kappa shape index (κ2) is 3.61. The molecule has 1 aliphatic carbocycles. The Morgan fingerprint density at radius 1 is 1.38 bits per heavy atom. The Morgan fingerprint density at radius 2 is 2.23 bits per heavy atom. The lowest BCUT2D eigenvalue weighted by molar-refractivity contribution is 0.276. The Labute approximate surface area is 82.5 Å². The molecule has 13 heavy (non-hydrogen) atoms. The molecule has 0 N–H and O–H groups in total. The van der Waals surface area contributed by atoms with Crippen LogP contribution in [0.2, 0.25) is 0 Å². The predicted molar refractivity (Wildman–Crippen MR) is 56.8 cm³/mol. The highest BCUT2D eigenvalue weighted by Crippen LogP contribution is 2.48. The van der Waals surface area contributed by atoms with Crippen LogP contribution in [0.5, 0.6) is 0 Å². The SMILES string of the molecule is CCCC1CCC2(CCN(C)C2)C1. The molecule has 0 aromatic rings. The molecule has 0 aromatic carbocycles. The Hall–Kier alpha value is -0.0400. The molecule has 0 aromatic heterocycles. The molecule has 2 fully saturated rings. The fraction of sp³-hybridized carbons (Fsp3) is 1.00. The first-order valence-corrected chi connectivity index (χ1v) is 5.93. The van der Waals surface area contributed by atoms with Gasteiger partial charge in [0.2, 0.25) is 0 Å². The average Bonchev–Trinajstić information content (AvgIpc) is 2.62. The summed E-state index contributed by atoms with van der Waals surface area (Å²) in [7, 11) is 2.28. The van der Waals surface area contributed by atoms with Gasteiger partial charge in [-0.15, -0.1) is 0 Å². The van der Waals surface area contributed by atoms with Gasteiger partial charge in [-0.05, 0) is 50.6 Å². The van der Waals surface area contributed by atoms with Crippen LogP contribution in [0.4, 0.5) is 0 Å². The molecule has 2 rings (SSSR count). The van der Waals surface area contributed by atoms with Gasteiger partial charge in [0, 0.05) is 6.54 Å². The minimum atomic E-state index is 0.759. The van der Waals surface area contributed by atoms with Crippen LogP contribution in [-0.4, -0.2) is 25.0 Å². The molecule has 1 spiro atoms. The highest BCUT2D eigenvalue weighted by Gasteiger charge is 2.42. The van der Waals surface area contributed by atoms with Crippen molar-refractivity contribution in [1.29, 1.82) is 0 Å². The summed E-state index contributed by atoms with van der Waals surface area (Å²) in [6.45, 7) is 5.05. The predicted octanol–water partition coefficient (Wildman–Crippen LogP) is 2.91. The normalized spacial score (nSPS) is 40.6. The van der Waals surface area contributed by atoms with Crippen LogP contribution >= 0.6 is 0 Å². The van der Waals surface area contributed by atoms with Crippen LogP contribution in [0.3, 0.4) is 0 Å². The van der Waals surface area contributed by atoms with E-state index in [4.69, 9.17) is 0 Å². The van der Waals surface area contributed by atoms with Crippen molar-refractivity contribution in [3.05, 3.63) is 0 Å². The van der Waals surface area contributed by atoms with Gasteiger partial charge in [-0.1, -0.05) is 19.8 Å². The number of rotatable bonds is 2. The summed E-state index contributed by atoms with van der Waals surface area (Å²) in [5.41, 5.74) is 0.759. The quantitative estimate of drug-likeness (QED) is 0.633. The van der Waals surface area contributed by atoms with Crippen molar-refractivity contribution in [1.82, 2.24) is 4.90 Å². The van der Waals surface area contributed by atoms with E-state index in [1.165, 1.54) is 51.6 Å². The number of nitrogens with zero attached hydrogens (tertiary/aromatic N) is 1. The molecule has 2 unspecified atom stereocenters. The summed E-state index contributed by atoms with van der Waals surface area (Å²) in [6, 6.07) is 0. The zero-order valence-corrected chi connectivity index (χ0v) is 9.18. The Kier molecular flexibility index (Phi) is 2.64. The van der Waals surface area contributed by atoms with Gasteiger partial charge in [0.15, 0.2) is 0 Å². The molecule has 0 radical (unpaired) electrons. The summed E-state index contributed by atoms with van der Waals surface area (Å²) >= 11 is 0. The molecular formula is C12H23N. The van der Waals surface area contributed by atoms with Crippen molar-refractivity contribution in [2.45, 2.75) is 45.4 Å². The monoisotopic (exact) mass is 181 g/mol. The first-order chi connectivity index (χ1) is 6.24. The Morgan fingerprint density at radius 3 is 2.85 bits per heavy atom. The van der Waals surface area contributed by atoms with Gasteiger partial charge in [-0.2, -0.15) is 0 Å². The topological polar surface area (TPSA) is 3.24 Å². The third-order valence-electron chi connectivity index (χ3n) is 4.13. The summed E-state index contributed by atoms with van der Waals surface area (Å²) < 4.78 is 0. The second-order valence-corrected chi connectivity index (χ2v) is 5.39. The maximum atomic E-state index is 2.52. The molecule has 1 saturated carbocycles. The number of hydrogen-bond donors (Lipinski definition) is 0. The average molecular weight is 181 g/mol. The van der Waals surface area contributed by atoms with E-state index in [-0.39, 0.29) is 0 Å². The van der Waals surface area contributed by atoms with Gasteiger partial charge in [0.25, 0.3) is 0 Å². The van der Waals surface area contributed by atoms with Crippen LogP contribution in [-0.2, 0) is 0 Å². The molecule has 1 heteroatoms. The highest BCUT2D eigenvalue weighted by atomic mass is 15.1. The second-order valence-electron chi connectivity index (χ2n) is 5.39. The largest absolute Gasteiger partial charge is 0.306 e. The van der Waals surface area contributed by atoms with Crippen molar-refractivity contribution >= 4 is 0 Å². The minimum Gasteiger partial charge on any atom is -0.306 e. The smallest absolute Gasteiger partial charge is 0.00355 e. The number of likely N-dealkylation sites (tertiary alicyclic amines) is 1. The molecule has 1 saturated heterocycles. The van der Waals surface area contributed by atoms with E-state index >= 15 is 0 Å². The van der Waals surface area contributed by atoms with Gasteiger partial charge in [-0.25, -0.2) is 0 Å². The maximum Gasteiger partial charge on any atom is 0.00355 e. The van der Waals surface area contributed by atoms with E-state index in [0.717, 1.165) is 11.3 Å². The van der Waals surface area contributed by atoms with E-state index in [1.54, 1.807) is 0 Å². The first kappa shape index (κ1) is 9.51. The lowest BCUT2D eigenvalue weighted by Gasteiger charge is -2.23. The van der Waals surface area contributed by atoms with Gasteiger partial charge in [0.05, 0.1) is 0 Å². The highest BCUT2D eigenvalue weighted by molar-refractivity contribution is 4.95. The minimum absolute atomic E-state index is 0.759. The van der Waals surface area contributed by atoms with Gasteiger partial charge in [-0.3, -0.25) is 0 Å². The molecule has 2 aliphatic rings. The van der Waals surface area contributed by atoms with Crippen molar-refractivity contribution in [2.24, 2.45) is 11.3 Å².